The molecule has 3 rings (SSSR count). The van der Waals surface area contributed by atoms with Crippen molar-refractivity contribution in [1.82, 2.24) is 9.80 Å². The summed E-state index contributed by atoms with van der Waals surface area (Å²) in [5.41, 5.74) is 0.967. The van der Waals surface area contributed by atoms with Gasteiger partial charge in [0, 0.05) is 24.8 Å². The van der Waals surface area contributed by atoms with E-state index >= 15 is 0 Å². The molecule has 7 heteroatoms. The van der Waals surface area contributed by atoms with Gasteiger partial charge in [-0.15, -0.1) is 0 Å². The lowest BCUT2D eigenvalue weighted by Crippen LogP contribution is -2.42. The van der Waals surface area contributed by atoms with Gasteiger partial charge in [-0.05, 0) is 18.2 Å². The summed E-state index contributed by atoms with van der Waals surface area (Å²) in [6.45, 7) is -0.413. The second-order valence-electron chi connectivity index (χ2n) is 6.03. The Morgan fingerprint density at radius 3 is 2.42 bits per heavy atom. The molecule has 0 aromatic heterocycles. The average molecular weight is 355 g/mol. The van der Waals surface area contributed by atoms with E-state index in [9.17, 15) is 18.8 Å². The highest BCUT2D eigenvalue weighted by Gasteiger charge is 2.38. The Bertz CT molecular complexity index is 841. The molecule has 1 aliphatic rings. The van der Waals surface area contributed by atoms with E-state index in [4.69, 9.17) is 0 Å². The number of imide groups is 1. The van der Waals surface area contributed by atoms with Crippen molar-refractivity contribution in [1.29, 1.82) is 0 Å². The molecule has 0 atom stereocenters. The fraction of sp³-hybridized carbons (Fsp3) is 0.211. The lowest BCUT2D eigenvalue weighted by atomic mass is 10.2. The van der Waals surface area contributed by atoms with Gasteiger partial charge in [0.1, 0.15) is 18.9 Å². The van der Waals surface area contributed by atoms with Crippen LogP contribution in [0.5, 0.6) is 0 Å². The molecule has 26 heavy (non-hydrogen) atoms. The maximum absolute atomic E-state index is 13.7. The van der Waals surface area contributed by atoms with Gasteiger partial charge in [0.2, 0.25) is 5.91 Å². The molecule has 0 saturated carbocycles. The molecule has 0 unspecified atom stereocenters. The minimum Gasteiger partial charge on any atom is -0.340 e. The first-order valence-electron chi connectivity index (χ1n) is 8.11. The Morgan fingerprint density at radius 2 is 1.73 bits per heavy atom. The minimum absolute atomic E-state index is 0.0596. The molecule has 0 bridgehead atoms. The van der Waals surface area contributed by atoms with Crippen molar-refractivity contribution >= 4 is 23.5 Å². The number of hydrogen-bond acceptors (Lipinski definition) is 3. The van der Waals surface area contributed by atoms with Crippen LogP contribution in [-0.2, 0) is 16.1 Å². The normalized spacial score (nSPS) is 14.1. The zero-order chi connectivity index (χ0) is 18.7. The summed E-state index contributed by atoms with van der Waals surface area (Å²) in [4.78, 5) is 40.6. The quantitative estimate of drug-likeness (QED) is 0.773. The topological polar surface area (TPSA) is 60.9 Å². The van der Waals surface area contributed by atoms with Crippen molar-refractivity contribution in [3.8, 4) is 0 Å². The number of urea groups is 1. The molecule has 0 radical (unpaired) electrons. The van der Waals surface area contributed by atoms with Crippen molar-refractivity contribution in [2.24, 2.45) is 0 Å². The minimum atomic E-state index is -0.533. The highest BCUT2D eigenvalue weighted by molar-refractivity contribution is 6.13. The Balaban J connectivity index is 1.66. The van der Waals surface area contributed by atoms with Crippen molar-refractivity contribution in [2.75, 3.05) is 25.0 Å². The van der Waals surface area contributed by atoms with Gasteiger partial charge in [-0.1, -0.05) is 36.4 Å². The predicted molar refractivity (Wildman–Crippen MR) is 93.8 cm³/mol. The number of benzene rings is 2. The maximum Gasteiger partial charge on any atom is 0.332 e. The number of para-hydroxylation sites is 1. The zero-order valence-electron chi connectivity index (χ0n) is 14.3. The zero-order valence-corrected chi connectivity index (χ0v) is 14.3. The van der Waals surface area contributed by atoms with Crippen LogP contribution in [0.2, 0.25) is 0 Å². The van der Waals surface area contributed by atoms with Gasteiger partial charge in [-0.2, -0.15) is 0 Å². The van der Waals surface area contributed by atoms with Gasteiger partial charge >= 0.3 is 6.03 Å². The molecule has 1 fully saturated rings. The molecule has 2 aromatic rings. The number of carbonyl (C=O) groups excluding carboxylic acids is 3. The SMILES string of the molecule is CN(Cc1ccccc1F)C(=O)CN1C(=O)CN(c2ccccc2)C1=O. The molecule has 6 nitrogen and oxygen atoms in total. The van der Waals surface area contributed by atoms with Crippen LogP contribution < -0.4 is 4.90 Å². The van der Waals surface area contributed by atoms with E-state index in [1.165, 1.54) is 22.9 Å². The third-order valence-corrected chi connectivity index (χ3v) is 4.21. The van der Waals surface area contributed by atoms with Crippen LogP contribution in [0.4, 0.5) is 14.9 Å². The van der Waals surface area contributed by atoms with Crippen molar-refractivity contribution in [3.05, 3.63) is 66.0 Å². The molecule has 2 aromatic carbocycles. The number of hydrogen-bond donors (Lipinski definition) is 0. The van der Waals surface area contributed by atoms with Crippen LogP contribution in [-0.4, -0.2) is 47.8 Å². The summed E-state index contributed by atoms with van der Waals surface area (Å²) < 4.78 is 13.7. The Morgan fingerprint density at radius 1 is 1.08 bits per heavy atom. The number of amides is 4. The molecule has 4 amide bonds. The fourth-order valence-electron chi connectivity index (χ4n) is 2.73. The van der Waals surface area contributed by atoms with Gasteiger partial charge in [-0.3, -0.25) is 19.4 Å². The smallest absolute Gasteiger partial charge is 0.332 e. The number of nitrogens with zero attached hydrogens (tertiary/aromatic N) is 3. The largest absolute Gasteiger partial charge is 0.340 e. The van der Waals surface area contributed by atoms with Gasteiger partial charge < -0.3 is 4.90 Å². The molecule has 134 valence electrons. The summed E-state index contributed by atoms with van der Waals surface area (Å²) >= 11 is 0. The maximum atomic E-state index is 13.7. The van der Waals surface area contributed by atoms with Gasteiger partial charge in [-0.25, -0.2) is 9.18 Å². The van der Waals surface area contributed by atoms with Gasteiger partial charge in [0.25, 0.3) is 5.91 Å². The van der Waals surface area contributed by atoms with E-state index in [0.717, 1.165) is 4.90 Å². The van der Waals surface area contributed by atoms with Crippen molar-refractivity contribution in [3.63, 3.8) is 0 Å². The first-order chi connectivity index (χ1) is 12.5. The molecule has 0 aliphatic carbocycles. The number of halogens is 1. The van der Waals surface area contributed by atoms with Crippen LogP contribution in [0.3, 0.4) is 0 Å². The van der Waals surface area contributed by atoms with Crippen LogP contribution in [0.15, 0.2) is 54.6 Å². The molecule has 1 aliphatic heterocycles. The van der Waals surface area contributed by atoms with E-state index < -0.39 is 23.7 Å². The van der Waals surface area contributed by atoms with Crippen molar-refractivity contribution < 1.29 is 18.8 Å². The molecule has 0 spiro atoms. The number of rotatable bonds is 5. The Kier molecular flexibility index (Phi) is 4.97. The second-order valence-corrected chi connectivity index (χ2v) is 6.03. The molecular weight excluding hydrogens is 337 g/mol. The molecule has 1 heterocycles. The molecule has 1 saturated heterocycles. The van der Waals surface area contributed by atoms with E-state index in [1.807, 2.05) is 6.07 Å². The van der Waals surface area contributed by atoms with Crippen LogP contribution >= 0.6 is 0 Å². The first-order valence-corrected chi connectivity index (χ1v) is 8.11. The van der Waals surface area contributed by atoms with E-state index in [0.29, 0.717) is 11.3 Å². The molecule has 0 N–H and O–H groups in total. The van der Waals surface area contributed by atoms with Gasteiger partial charge in [0.15, 0.2) is 0 Å². The summed E-state index contributed by atoms with van der Waals surface area (Å²) in [6.07, 6.45) is 0. The number of likely N-dealkylation sites (N-methyl/N-ethyl adjacent to an activating group) is 1. The van der Waals surface area contributed by atoms with E-state index in [-0.39, 0.29) is 19.6 Å². The number of carbonyl (C=O) groups is 3. The van der Waals surface area contributed by atoms with Crippen LogP contribution in [0.1, 0.15) is 5.56 Å². The highest BCUT2D eigenvalue weighted by atomic mass is 19.1. The lowest BCUT2D eigenvalue weighted by molar-refractivity contribution is -0.135. The predicted octanol–water partition coefficient (Wildman–Crippen LogP) is 2.25. The van der Waals surface area contributed by atoms with Crippen LogP contribution in [0.25, 0.3) is 0 Å². The second kappa shape index (κ2) is 7.35. The fourth-order valence-corrected chi connectivity index (χ4v) is 2.73. The number of anilines is 1. The summed E-state index contributed by atoms with van der Waals surface area (Å²) in [6, 6.07) is 14.4. The van der Waals surface area contributed by atoms with Crippen LogP contribution in [0, 0.1) is 5.82 Å². The third kappa shape index (κ3) is 3.56. The van der Waals surface area contributed by atoms with Crippen molar-refractivity contribution in [2.45, 2.75) is 6.54 Å². The monoisotopic (exact) mass is 355 g/mol. The van der Waals surface area contributed by atoms with Gasteiger partial charge in [0.05, 0.1) is 0 Å². The summed E-state index contributed by atoms with van der Waals surface area (Å²) in [7, 11) is 1.51. The standard InChI is InChI=1S/C19H18FN3O3/c1-21(11-14-7-5-6-10-16(14)20)17(24)12-23-18(25)13-22(19(23)26)15-8-3-2-4-9-15/h2-10H,11-13H2,1H3. The first kappa shape index (κ1) is 17.6. The summed E-state index contributed by atoms with van der Waals surface area (Å²) in [5, 5.41) is 0. The third-order valence-electron chi connectivity index (χ3n) is 4.21. The van der Waals surface area contributed by atoms with E-state index in [1.54, 1.807) is 42.5 Å². The lowest BCUT2D eigenvalue weighted by Gasteiger charge is -2.21. The van der Waals surface area contributed by atoms with E-state index in [2.05, 4.69) is 0 Å². The summed E-state index contributed by atoms with van der Waals surface area (Å²) in [5.74, 6) is -1.29. The molecular formula is C19H18FN3O3. The Labute approximate surface area is 150 Å². The highest BCUT2D eigenvalue weighted by Crippen LogP contribution is 2.20. The Hall–Kier alpha value is -3.22. The average Bonchev–Trinajstić information content (AvgIpc) is 2.92.